The molecule has 1 heterocycles. The third-order valence-corrected chi connectivity index (χ3v) is 5.53. The third kappa shape index (κ3) is 3.00. The molecule has 0 fully saturated rings. The van der Waals surface area contributed by atoms with E-state index >= 15 is 0 Å². The Kier molecular flexibility index (Phi) is 4.12. The molecule has 1 aromatic carbocycles. The van der Waals surface area contributed by atoms with Gasteiger partial charge in [0.25, 0.3) is 10.0 Å². The molecule has 0 aliphatic heterocycles. The van der Waals surface area contributed by atoms with Gasteiger partial charge in [-0.1, -0.05) is 0 Å². The lowest BCUT2D eigenvalue weighted by Gasteiger charge is -2.08. The quantitative estimate of drug-likeness (QED) is 0.911. The van der Waals surface area contributed by atoms with E-state index in [-0.39, 0.29) is 10.7 Å². The highest BCUT2D eigenvalue weighted by Crippen LogP contribution is 2.27. The van der Waals surface area contributed by atoms with Gasteiger partial charge in [-0.3, -0.25) is 4.72 Å². The van der Waals surface area contributed by atoms with E-state index in [0.29, 0.717) is 22.7 Å². The number of thiophene rings is 1. The summed E-state index contributed by atoms with van der Waals surface area (Å²) in [7, 11) is -3.68. The molecule has 1 aromatic heterocycles. The Bertz CT molecular complexity index is 739. The summed E-state index contributed by atoms with van der Waals surface area (Å²) in [4.78, 5) is 1.69. The van der Waals surface area contributed by atoms with Crippen LogP contribution in [0.3, 0.4) is 0 Å². The van der Waals surface area contributed by atoms with Crippen LogP contribution in [0.15, 0.2) is 29.2 Å². The molecule has 0 saturated carbocycles. The maximum atomic E-state index is 13.2. The lowest BCUT2D eigenvalue weighted by Crippen LogP contribution is -2.13. The van der Waals surface area contributed by atoms with Crippen LogP contribution in [0.5, 0.6) is 0 Å². The van der Waals surface area contributed by atoms with Crippen molar-refractivity contribution in [2.75, 3.05) is 4.72 Å². The number of nitrogens with one attached hydrogen (secondary N) is 1. The lowest BCUT2D eigenvalue weighted by molar-refractivity contribution is 0.600. The number of rotatable bonds is 4. The molecule has 20 heavy (non-hydrogen) atoms. The summed E-state index contributed by atoms with van der Waals surface area (Å²) in [5.74, 6) is -0.370. The Morgan fingerprint density at radius 3 is 2.55 bits per heavy atom. The van der Waals surface area contributed by atoms with Crippen LogP contribution < -0.4 is 10.5 Å². The molecule has 2 rings (SSSR count). The third-order valence-electron chi connectivity index (χ3n) is 2.82. The van der Waals surface area contributed by atoms with Crippen molar-refractivity contribution in [2.45, 2.75) is 25.3 Å². The molecule has 7 heteroatoms. The van der Waals surface area contributed by atoms with E-state index in [1.165, 1.54) is 29.5 Å². The first kappa shape index (κ1) is 15.0. The summed E-state index contributed by atoms with van der Waals surface area (Å²) in [6, 6.07) is 5.65. The molecule has 0 radical (unpaired) electrons. The number of halogens is 1. The van der Waals surface area contributed by atoms with Crippen LogP contribution in [0, 0.1) is 19.7 Å². The molecule has 2 aromatic rings. The summed E-state index contributed by atoms with van der Waals surface area (Å²) >= 11 is 1.35. The average Bonchev–Trinajstić information content (AvgIpc) is 2.76. The highest BCUT2D eigenvalue weighted by molar-refractivity contribution is 7.93. The van der Waals surface area contributed by atoms with Gasteiger partial charge in [0.05, 0.1) is 0 Å². The van der Waals surface area contributed by atoms with Crippen LogP contribution in [0.1, 0.15) is 15.3 Å². The van der Waals surface area contributed by atoms with E-state index < -0.39 is 10.0 Å². The maximum Gasteiger partial charge on any atom is 0.263 e. The molecule has 0 bridgehead atoms. The zero-order chi connectivity index (χ0) is 14.9. The molecule has 108 valence electrons. The largest absolute Gasteiger partial charge is 0.326 e. The molecule has 0 amide bonds. The molecule has 0 saturated heterocycles. The van der Waals surface area contributed by atoms with Crippen molar-refractivity contribution < 1.29 is 12.8 Å². The summed E-state index contributed by atoms with van der Waals surface area (Å²) in [6.45, 7) is 3.61. The molecule has 0 atom stereocenters. The zero-order valence-corrected chi connectivity index (χ0v) is 12.7. The highest BCUT2D eigenvalue weighted by Gasteiger charge is 2.20. The molecule has 0 spiro atoms. The van der Waals surface area contributed by atoms with Gasteiger partial charge < -0.3 is 5.73 Å². The summed E-state index contributed by atoms with van der Waals surface area (Å²) < 4.78 is 40.2. The number of hydrogen-bond acceptors (Lipinski definition) is 4. The molecular formula is C13H15FN2O2S2. The zero-order valence-electron chi connectivity index (χ0n) is 11.1. The standard InChI is InChI=1S/C13H15FN2O2S2/c1-8-5-10(3-4-12(8)14)16-20(17,18)13-6-11(7-15)19-9(13)2/h3-6,16H,7,15H2,1-2H3. The number of sulfonamides is 1. The maximum absolute atomic E-state index is 13.2. The second-order valence-electron chi connectivity index (χ2n) is 4.41. The smallest absolute Gasteiger partial charge is 0.263 e. The van der Waals surface area contributed by atoms with Crippen LogP contribution >= 0.6 is 11.3 Å². The summed E-state index contributed by atoms with van der Waals surface area (Å²) in [5, 5.41) is 0. The predicted molar refractivity (Wildman–Crippen MR) is 78.9 cm³/mol. The number of aryl methyl sites for hydroxylation is 2. The Morgan fingerprint density at radius 1 is 1.30 bits per heavy atom. The topological polar surface area (TPSA) is 72.2 Å². The fraction of sp³-hybridized carbons (Fsp3) is 0.231. The van der Waals surface area contributed by atoms with Gasteiger partial charge in [0.1, 0.15) is 10.7 Å². The van der Waals surface area contributed by atoms with Gasteiger partial charge in [-0.15, -0.1) is 11.3 Å². The fourth-order valence-corrected chi connectivity index (χ4v) is 4.37. The van der Waals surface area contributed by atoms with Crippen LogP contribution in [0.2, 0.25) is 0 Å². The van der Waals surface area contributed by atoms with Gasteiger partial charge in [-0.25, -0.2) is 12.8 Å². The van der Waals surface area contributed by atoms with Gasteiger partial charge in [-0.05, 0) is 43.7 Å². The van der Waals surface area contributed by atoms with E-state index in [9.17, 15) is 12.8 Å². The highest BCUT2D eigenvalue weighted by atomic mass is 32.2. The minimum absolute atomic E-state index is 0.213. The number of benzene rings is 1. The summed E-state index contributed by atoms with van der Waals surface area (Å²) in [6.07, 6.45) is 0. The lowest BCUT2D eigenvalue weighted by atomic mass is 10.2. The Hall–Kier alpha value is -1.44. The van der Waals surface area contributed by atoms with E-state index in [1.54, 1.807) is 19.9 Å². The molecule has 0 aliphatic carbocycles. The first-order valence-corrected chi connectivity index (χ1v) is 8.22. The van der Waals surface area contributed by atoms with Crippen LogP contribution in [-0.2, 0) is 16.6 Å². The number of hydrogen-bond donors (Lipinski definition) is 2. The number of anilines is 1. The summed E-state index contributed by atoms with van der Waals surface area (Å²) in [5.41, 5.74) is 6.24. The van der Waals surface area contributed by atoms with Crippen molar-refractivity contribution in [3.8, 4) is 0 Å². The Labute approximate surface area is 121 Å². The molecule has 0 unspecified atom stereocenters. The monoisotopic (exact) mass is 314 g/mol. The predicted octanol–water partition coefficient (Wildman–Crippen LogP) is 2.76. The second kappa shape index (κ2) is 5.51. The van der Waals surface area contributed by atoms with Gasteiger partial charge in [0.15, 0.2) is 0 Å². The molecule has 3 N–H and O–H groups in total. The van der Waals surface area contributed by atoms with E-state index in [1.807, 2.05) is 0 Å². The first-order chi connectivity index (χ1) is 9.33. The van der Waals surface area contributed by atoms with Crippen molar-refractivity contribution in [3.05, 3.63) is 45.4 Å². The van der Waals surface area contributed by atoms with Gasteiger partial charge >= 0.3 is 0 Å². The minimum atomic E-state index is -3.68. The second-order valence-corrected chi connectivity index (χ2v) is 7.40. The van der Waals surface area contributed by atoms with Crippen LogP contribution in [0.25, 0.3) is 0 Å². The molecule has 0 aliphatic rings. The van der Waals surface area contributed by atoms with Crippen molar-refractivity contribution in [2.24, 2.45) is 5.73 Å². The van der Waals surface area contributed by atoms with Gasteiger partial charge in [0.2, 0.25) is 0 Å². The average molecular weight is 314 g/mol. The Balaban J connectivity index is 2.35. The fourth-order valence-electron chi connectivity index (χ4n) is 1.81. The van der Waals surface area contributed by atoms with Crippen LogP contribution in [-0.4, -0.2) is 8.42 Å². The van der Waals surface area contributed by atoms with Crippen molar-refractivity contribution in [1.82, 2.24) is 0 Å². The molecular weight excluding hydrogens is 299 g/mol. The Morgan fingerprint density at radius 2 is 2.00 bits per heavy atom. The number of nitrogens with two attached hydrogens (primary N) is 1. The minimum Gasteiger partial charge on any atom is -0.326 e. The van der Waals surface area contributed by atoms with Crippen molar-refractivity contribution >= 4 is 27.0 Å². The van der Waals surface area contributed by atoms with Crippen molar-refractivity contribution in [3.63, 3.8) is 0 Å². The molecule has 4 nitrogen and oxygen atoms in total. The van der Waals surface area contributed by atoms with Crippen LogP contribution in [0.4, 0.5) is 10.1 Å². The van der Waals surface area contributed by atoms with E-state index in [4.69, 9.17) is 5.73 Å². The van der Waals surface area contributed by atoms with E-state index in [0.717, 1.165) is 4.88 Å². The van der Waals surface area contributed by atoms with Gasteiger partial charge in [0, 0.05) is 22.0 Å². The van der Waals surface area contributed by atoms with E-state index in [2.05, 4.69) is 4.72 Å². The van der Waals surface area contributed by atoms with Gasteiger partial charge in [-0.2, -0.15) is 0 Å². The normalized spacial score (nSPS) is 11.6. The SMILES string of the molecule is Cc1cc(NS(=O)(=O)c2cc(CN)sc2C)ccc1F. The first-order valence-electron chi connectivity index (χ1n) is 5.92. The van der Waals surface area contributed by atoms with Crippen molar-refractivity contribution in [1.29, 1.82) is 0 Å².